The third-order valence-corrected chi connectivity index (χ3v) is 9.97. The number of thiazole rings is 1. The van der Waals surface area contributed by atoms with Crippen LogP contribution in [0, 0.1) is 0 Å². The first kappa shape index (κ1) is 36.2. The molecule has 0 atom stereocenters. The van der Waals surface area contributed by atoms with Crippen LogP contribution in [0.5, 0.6) is 5.75 Å². The van der Waals surface area contributed by atoms with Crippen LogP contribution in [0.3, 0.4) is 0 Å². The third-order valence-electron chi connectivity index (χ3n) is 7.15. The maximum Gasteiger partial charge on any atom is 1.00 e. The van der Waals surface area contributed by atoms with E-state index in [0.29, 0.717) is 41.7 Å². The molecule has 0 spiro atoms. The number of unbranched alkanes of at least 4 members (excludes halogenated alkanes) is 1. The van der Waals surface area contributed by atoms with Crippen molar-refractivity contribution in [1.82, 2.24) is 0 Å². The summed E-state index contributed by atoms with van der Waals surface area (Å²) in [4.78, 5) is 1.71. The zero-order valence-corrected chi connectivity index (χ0v) is 31.1. The molecule has 0 N–H and O–H groups in total. The van der Waals surface area contributed by atoms with Gasteiger partial charge in [-0.05, 0) is 53.8 Å². The van der Waals surface area contributed by atoms with Crippen LogP contribution in [-0.4, -0.2) is 44.0 Å². The Kier molecular flexibility index (Phi) is 12.5. The van der Waals surface area contributed by atoms with E-state index in [-0.39, 0.29) is 64.4 Å². The number of nitrogens with zero attached hydrogens (tertiary/aromatic N) is 2. The Labute approximate surface area is 315 Å². The Balaban J connectivity index is 0.00000461. The Morgan fingerprint density at radius 3 is 2.38 bits per heavy atom. The van der Waals surface area contributed by atoms with Gasteiger partial charge in [0.2, 0.25) is 11.4 Å². The van der Waals surface area contributed by atoms with Gasteiger partial charge < -0.3 is 18.7 Å². The summed E-state index contributed by atoms with van der Waals surface area (Å²) < 4.78 is 77.4. The summed E-state index contributed by atoms with van der Waals surface area (Å²) in [5, 5.41) is 1.45. The van der Waals surface area contributed by atoms with Crippen LogP contribution >= 0.6 is 22.9 Å². The van der Waals surface area contributed by atoms with Crippen LogP contribution in [0.4, 0.5) is 5.69 Å². The van der Waals surface area contributed by atoms with Crippen LogP contribution in [0.25, 0.3) is 27.4 Å². The molecule has 5 rings (SSSR count). The molecular weight excluding hydrogens is 683 g/mol. The summed E-state index contributed by atoms with van der Waals surface area (Å²) in [6.07, 6.45) is 5.16. The van der Waals surface area contributed by atoms with Gasteiger partial charge in [-0.2, -0.15) is 4.57 Å². The van der Waals surface area contributed by atoms with Gasteiger partial charge >= 0.3 is 51.4 Å². The van der Waals surface area contributed by atoms with E-state index < -0.39 is 31.7 Å². The van der Waals surface area contributed by atoms with Gasteiger partial charge in [0.05, 0.1) is 31.7 Å². The fraction of sp³-hybridized carbons (Fsp3) is 0.258. The molecule has 3 aromatic carbocycles. The van der Waals surface area contributed by atoms with Crippen molar-refractivity contribution >= 4 is 65.2 Å². The van der Waals surface area contributed by atoms with Gasteiger partial charge in [-0.3, -0.25) is 0 Å². The first-order valence-electron chi connectivity index (χ1n) is 14.0. The van der Waals surface area contributed by atoms with E-state index in [9.17, 15) is 25.9 Å². The van der Waals surface area contributed by atoms with Gasteiger partial charge in [0.25, 0.3) is 5.01 Å². The number of allylic oxidation sites excluding steroid dienone is 2. The number of aryl methyl sites for hydroxylation is 1. The van der Waals surface area contributed by atoms with E-state index in [0.717, 1.165) is 31.9 Å². The molecule has 1 aliphatic rings. The summed E-state index contributed by atoms with van der Waals surface area (Å²) in [7, 11) is -8.78. The molecule has 0 fully saturated rings. The molecule has 9 nitrogen and oxygen atoms in total. The minimum Gasteiger partial charge on any atom is -0.748 e. The monoisotopic (exact) mass is 712 g/mol. The van der Waals surface area contributed by atoms with Crippen molar-refractivity contribution in [3.63, 3.8) is 0 Å². The summed E-state index contributed by atoms with van der Waals surface area (Å²) in [6.45, 7) is 2.38. The molecule has 1 aromatic heterocycles. The maximum atomic E-state index is 11.6. The molecule has 4 aromatic rings. The molecule has 0 radical (unpaired) electrons. The minimum atomic E-state index is -4.49. The van der Waals surface area contributed by atoms with E-state index >= 15 is 0 Å². The fourth-order valence-corrected chi connectivity index (χ4v) is 7.25. The molecule has 0 saturated carbocycles. The Morgan fingerprint density at radius 1 is 0.956 bits per heavy atom. The Morgan fingerprint density at radius 2 is 1.69 bits per heavy atom. The van der Waals surface area contributed by atoms with Crippen LogP contribution < -0.4 is 65.6 Å². The van der Waals surface area contributed by atoms with Gasteiger partial charge in [0, 0.05) is 42.0 Å². The summed E-state index contributed by atoms with van der Waals surface area (Å²) in [5.74, 6) is -0.0654. The average molecular weight is 713 g/mol. The van der Waals surface area contributed by atoms with Gasteiger partial charge in [0.15, 0.2) is 12.3 Å². The van der Waals surface area contributed by atoms with Crippen molar-refractivity contribution < 1.29 is 86.6 Å². The molecule has 2 heterocycles. The zero-order chi connectivity index (χ0) is 31.5. The molecule has 0 aliphatic carbocycles. The van der Waals surface area contributed by atoms with E-state index in [1.807, 2.05) is 79.7 Å². The molecule has 0 amide bonds. The first-order valence-corrected chi connectivity index (χ1v) is 18.3. The van der Waals surface area contributed by atoms with Crippen LogP contribution in [0.1, 0.15) is 31.2 Å². The number of anilines is 1. The second-order valence-electron chi connectivity index (χ2n) is 10.3. The van der Waals surface area contributed by atoms with Crippen molar-refractivity contribution in [2.75, 3.05) is 23.0 Å². The molecule has 0 unspecified atom stereocenters. The van der Waals surface area contributed by atoms with Gasteiger partial charge in [-0.15, -0.1) is 0 Å². The topological polar surface area (TPSA) is 131 Å². The molecule has 1 aliphatic heterocycles. The Bertz CT molecular complexity index is 1960. The minimum absolute atomic E-state index is 0. The number of aromatic nitrogens is 1. The Hall–Kier alpha value is -1.62. The van der Waals surface area contributed by atoms with E-state index in [4.69, 9.17) is 16.3 Å². The number of halogens is 1. The molecule has 0 saturated heterocycles. The number of hydrogen-bond donors (Lipinski definition) is 0. The van der Waals surface area contributed by atoms with Crippen molar-refractivity contribution in [2.45, 2.75) is 32.7 Å². The van der Waals surface area contributed by atoms with E-state index in [2.05, 4.69) is 4.57 Å². The largest absolute Gasteiger partial charge is 1.00 e. The van der Waals surface area contributed by atoms with Crippen molar-refractivity contribution in [3.8, 4) is 16.9 Å². The maximum absolute atomic E-state index is 11.6. The van der Waals surface area contributed by atoms with Crippen molar-refractivity contribution in [2.24, 2.45) is 0 Å². The molecule has 0 bridgehead atoms. The molecule has 45 heavy (non-hydrogen) atoms. The van der Waals surface area contributed by atoms with Gasteiger partial charge in [0.1, 0.15) is 4.70 Å². The number of benzene rings is 3. The molecule has 14 heteroatoms. The van der Waals surface area contributed by atoms with Crippen molar-refractivity contribution in [1.29, 1.82) is 0 Å². The van der Waals surface area contributed by atoms with Gasteiger partial charge in [-0.1, -0.05) is 66.3 Å². The zero-order valence-electron chi connectivity index (χ0n) is 24.8. The molecular formula is C31H30ClKN2O7S3. The number of fused-ring (bicyclic) bond motifs is 2. The number of rotatable bonds is 12. The van der Waals surface area contributed by atoms with Crippen LogP contribution in [0.2, 0.25) is 5.02 Å². The predicted molar refractivity (Wildman–Crippen MR) is 172 cm³/mol. The van der Waals surface area contributed by atoms with Crippen LogP contribution in [-0.2, 0) is 26.8 Å². The smallest absolute Gasteiger partial charge is 0.748 e. The second kappa shape index (κ2) is 15.5. The quantitative estimate of drug-likeness (QED) is 0.0949. The summed E-state index contributed by atoms with van der Waals surface area (Å²) in [6, 6.07) is 21.0. The second-order valence-corrected chi connectivity index (χ2v) is 14.8. The normalized spacial score (nSPS) is 14.4. The SMILES string of the molecule is CCC(/C=C1\Oc2ccc(-c3ccccc3)cc2N1CCS(=O)(=O)[O-])=C\c1sc2ccc(Cl)cc2[n+]1CCCCS(=O)(=O)[O-].[K+]. The summed E-state index contributed by atoms with van der Waals surface area (Å²) in [5.41, 5.74) is 4.34. The standard InChI is InChI=1S/C31H31ClN2O7S3.K/c1-2-22(19-31-34(14-6-7-16-43(35,36)37)27-21-25(32)11-13-29(27)42-31)18-30-33(15-17-44(38,39)40)26-20-24(10-12-28(26)41-30)23-8-4-3-5-9-23;/h3-5,8-13,18-21H,2,6-7,14-17H2,1H3,(H-,35,36,37,38,39,40);/q;+1/p-1. The van der Waals surface area contributed by atoms with E-state index in [1.165, 1.54) is 0 Å². The van der Waals surface area contributed by atoms with E-state index in [1.54, 1.807) is 22.3 Å². The van der Waals surface area contributed by atoms with Gasteiger partial charge in [-0.25, -0.2) is 16.8 Å². The summed E-state index contributed by atoms with van der Waals surface area (Å²) >= 11 is 7.84. The predicted octanol–water partition coefficient (Wildman–Crippen LogP) is 2.92. The first-order chi connectivity index (χ1) is 20.9. The third kappa shape index (κ3) is 9.70. The van der Waals surface area contributed by atoms with Crippen LogP contribution in [0.15, 0.2) is 84.3 Å². The van der Waals surface area contributed by atoms with Crippen molar-refractivity contribution in [3.05, 3.63) is 94.3 Å². The average Bonchev–Trinajstić information content (AvgIpc) is 3.49. The number of ether oxygens (including phenoxy) is 1. The fourth-order valence-electron chi connectivity index (χ4n) is 4.98. The number of hydrogen-bond acceptors (Lipinski definition) is 9. The molecule has 232 valence electrons.